The molecule has 0 radical (unpaired) electrons. The Morgan fingerprint density at radius 3 is 2.72 bits per heavy atom. The summed E-state index contributed by atoms with van der Waals surface area (Å²) in [5, 5.41) is 15.9. The van der Waals surface area contributed by atoms with E-state index in [0.717, 1.165) is 53.2 Å². The number of imidazole rings is 1. The number of aryl methyl sites for hydroxylation is 1. The zero-order valence-corrected chi connectivity index (χ0v) is 16.4. The maximum atomic E-state index is 11.5. The van der Waals surface area contributed by atoms with E-state index in [1.54, 1.807) is 12.1 Å². The van der Waals surface area contributed by atoms with E-state index in [1.807, 2.05) is 47.6 Å². The van der Waals surface area contributed by atoms with Crippen molar-refractivity contribution in [3.63, 3.8) is 0 Å². The van der Waals surface area contributed by atoms with Crippen LogP contribution < -0.4 is 0 Å². The first-order valence-corrected chi connectivity index (χ1v) is 9.92. The number of unbranched alkanes of at least 4 members (excludes halogenated alkanes) is 1. The molecule has 2 N–H and O–H groups in total. The number of fused-ring (bicyclic) bond motifs is 1. The number of rotatable bonds is 7. The summed E-state index contributed by atoms with van der Waals surface area (Å²) in [6.45, 7) is 3.53. The zero-order chi connectivity index (χ0) is 20.2. The van der Waals surface area contributed by atoms with Gasteiger partial charge >= 0.3 is 5.97 Å². The van der Waals surface area contributed by atoms with Gasteiger partial charge in [0.25, 0.3) is 0 Å². The highest BCUT2D eigenvalue weighted by molar-refractivity contribution is 5.96. The van der Waals surface area contributed by atoms with Crippen molar-refractivity contribution < 1.29 is 9.90 Å². The lowest BCUT2D eigenvalue weighted by molar-refractivity contribution is 0.0697. The van der Waals surface area contributed by atoms with Gasteiger partial charge in [-0.2, -0.15) is 5.10 Å². The normalized spacial score (nSPS) is 12.8. The number of benzene rings is 2. The van der Waals surface area contributed by atoms with Crippen molar-refractivity contribution in [1.82, 2.24) is 15.0 Å². The third-order valence-electron chi connectivity index (χ3n) is 5.10. The van der Waals surface area contributed by atoms with E-state index in [1.165, 1.54) is 0 Å². The van der Waals surface area contributed by atoms with Crippen molar-refractivity contribution in [3.8, 4) is 11.1 Å². The van der Waals surface area contributed by atoms with Gasteiger partial charge in [0.2, 0.25) is 0 Å². The fourth-order valence-electron chi connectivity index (χ4n) is 3.54. The molecule has 4 rings (SSSR count). The molecule has 29 heavy (non-hydrogen) atoms. The highest BCUT2D eigenvalue weighted by Crippen LogP contribution is 2.25. The highest BCUT2D eigenvalue weighted by Gasteiger charge is 2.17. The fraction of sp³-hybridized carbons (Fsp3) is 0.261. The maximum Gasteiger partial charge on any atom is 0.336 e. The number of nitrogens with one attached hydrogen (secondary N) is 1. The molecule has 0 fully saturated rings. The largest absolute Gasteiger partial charge is 0.478 e. The fourth-order valence-corrected chi connectivity index (χ4v) is 3.54. The van der Waals surface area contributed by atoms with Gasteiger partial charge in [-0.25, -0.2) is 9.78 Å². The Morgan fingerprint density at radius 1 is 1.17 bits per heavy atom. The number of hydrogen-bond acceptors (Lipinski definition) is 4. The van der Waals surface area contributed by atoms with E-state index < -0.39 is 5.97 Å². The van der Waals surface area contributed by atoms with E-state index in [-0.39, 0.29) is 0 Å². The second-order valence-corrected chi connectivity index (χ2v) is 7.26. The Morgan fingerprint density at radius 2 is 1.97 bits per heavy atom. The van der Waals surface area contributed by atoms with Crippen molar-refractivity contribution in [2.75, 3.05) is 0 Å². The molecule has 0 atom stereocenters. The average Bonchev–Trinajstić information content (AvgIpc) is 3.15. The number of aromatic nitrogens is 2. The van der Waals surface area contributed by atoms with Crippen LogP contribution in [0.3, 0.4) is 0 Å². The lowest BCUT2D eigenvalue weighted by Gasteiger charge is -2.21. The van der Waals surface area contributed by atoms with Crippen molar-refractivity contribution in [3.05, 3.63) is 76.9 Å². The summed E-state index contributed by atoms with van der Waals surface area (Å²) in [6.07, 6.45) is 5.10. The van der Waals surface area contributed by atoms with E-state index in [2.05, 4.69) is 17.0 Å². The van der Waals surface area contributed by atoms with Gasteiger partial charge in [0.15, 0.2) is 0 Å². The number of carboxylic acids is 1. The number of carbonyl (C=O) groups is 1. The molecule has 6 heteroatoms. The molecule has 1 aliphatic heterocycles. The quantitative estimate of drug-likeness (QED) is 0.626. The van der Waals surface area contributed by atoms with Crippen LogP contribution in [0.1, 0.15) is 52.9 Å². The van der Waals surface area contributed by atoms with Crippen molar-refractivity contribution in [2.45, 2.75) is 39.3 Å². The molecule has 148 valence electrons. The number of carboxylic acid groups (broad SMARTS) is 1. The third kappa shape index (κ3) is 4.21. The monoisotopic (exact) mass is 388 g/mol. The van der Waals surface area contributed by atoms with Gasteiger partial charge in [-0.1, -0.05) is 55.8 Å². The van der Waals surface area contributed by atoms with Crippen LogP contribution in [0.4, 0.5) is 0 Å². The van der Waals surface area contributed by atoms with Gasteiger partial charge in [-0.3, -0.25) is 5.01 Å². The molecule has 0 aliphatic carbocycles. The Kier molecular flexibility index (Phi) is 5.42. The van der Waals surface area contributed by atoms with Crippen LogP contribution in [0.5, 0.6) is 0 Å². The molecule has 1 aliphatic rings. The Bertz CT molecular complexity index is 1040. The lowest BCUT2D eigenvalue weighted by atomic mass is 9.99. The van der Waals surface area contributed by atoms with Crippen LogP contribution in [-0.4, -0.2) is 32.3 Å². The van der Waals surface area contributed by atoms with Gasteiger partial charge < -0.3 is 10.1 Å². The van der Waals surface area contributed by atoms with Crippen LogP contribution in [-0.2, 0) is 19.5 Å². The molecule has 0 unspecified atom stereocenters. The summed E-state index contributed by atoms with van der Waals surface area (Å²) in [7, 11) is 0. The number of nitrogens with zero attached hydrogens (tertiary/aromatic N) is 3. The second kappa shape index (κ2) is 8.31. The SMILES string of the molecule is CCCCc1nc2c([nH]1)C=NN(Cc1ccc(-c3ccccc3C(=O)O)cc1)C2. The first-order valence-electron chi connectivity index (χ1n) is 9.92. The molecule has 2 aromatic carbocycles. The van der Waals surface area contributed by atoms with E-state index >= 15 is 0 Å². The van der Waals surface area contributed by atoms with Gasteiger partial charge in [-0.15, -0.1) is 0 Å². The summed E-state index contributed by atoms with van der Waals surface area (Å²) in [5.41, 5.74) is 5.09. The molecule has 0 saturated heterocycles. The van der Waals surface area contributed by atoms with Crippen LogP contribution in [0.25, 0.3) is 11.1 Å². The lowest BCUT2D eigenvalue weighted by Crippen LogP contribution is -2.21. The molecular formula is C23H24N4O2. The van der Waals surface area contributed by atoms with Gasteiger partial charge in [-0.05, 0) is 29.2 Å². The Labute approximate surface area is 169 Å². The maximum absolute atomic E-state index is 11.5. The summed E-state index contributed by atoms with van der Waals surface area (Å²) in [6, 6.07) is 15.0. The van der Waals surface area contributed by atoms with Crippen LogP contribution >= 0.6 is 0 Å². The van der Waals surface area contributed by atoms with Crippen LogP contribution in [0, 0.1) is 0 Å². The number of aromatic carboxylic acids is 1. The molecule has 1 aromatic heterocycles. The van der Waals surface area contributed by atoms with E-state index in [0.29, 0.717) is 18.7 Å². The molecular weight excluding hydrogens is 364 g/mol. The second-order valence-electron chi connectivity index (χ2n) is 7.26. The van der Waals surface area contributed by atoms with Crippen LogP contribution in [0.15, 0.2) is 53.6 Å². The summed E-state index contributed by atoms with van der Waals surface area (Å²) < 4.78 is 0. The van der Waals surface area contributed by atoms with Crippen molar-refractivity contribution >= 4 is 12.2 Å². The van der Waals surface area contributed by atoms with Crippen molar-refractivity contribution in [1.29, 1.82) is 0 Å². The molecule has 0 spiro atoms. The number of hydrogen-bond donors (Lipinski definition) is 2. The number of H-pyrrole nitrogens is 1. The highest BCUT2D eigenvalue weighted by atomic mass is 16.4. The Balaban J connectivity index is 1.45. The third-order valence-corrected chi connectivity index (χ3v) is 5.10. The number of aromatic amines is 1. The van der Waals surface area contributed by atoms with Gasteiger partial charge in [0, 0.05) is 6.42 Å². The Hall–Kier alpha value is -3.41. The molecule has 6 nitrogen and oxygen atoms in total. The summed E-state index contributed by atoms with van der Waals surface area (Å²) in [5.74, 6) is 0.118. The average molecular weight is 388 g/mol. The van der Waals surface area contributed by atoms with Gasteiger partial charge in [0.1, 0.15) is 5.82 Å². The molecule has 0 saturated carbocycles. The predicted octanol–water partition coefficient (Wildman–Crippen LogP) is 4.47. The minimum absolute atomic E-state index is 0.311. The summed E-state index contributed by atoms with van der Waals surface area (Å²) >= 11 is 0. The smallest absolute Gasteiger partial charge is 0.336 e. The topological polar surface area (TPSA) is 81.6 Å². The predicted molar refractivity (Wildman–Crippen MR) is 113 cm³/mol. The van der Waals surface area contributed by atoms with Gasteiger partial charge in [0.05, 0.1) is 36.3 Å². The first-order chi connectivity index (χ1) is 14.1. The molecule has 0 bridgehead atoms. The van der Waals surface area contributed by atoms with Crippen LogP contribution in [0.2, 0.25) is 0 Å². The zero-order valence-electron chi connectivity index (χ0n) is 16.4. The van der Waals surface area contributed by atoms with E-state index in [9.17, 15) is 9.90 Å². The van der Waals surface area contributed by atoms with Crippen molar-refractivity contribution in [2.24, 2.45) is 5.10 Å². The summed E-state index contributed by atoms with van der Waals surface area (Å²) in [4.78, 5) is 19.5. The van der Waals surface area contributed by atoms with E-state index in [4.69, 9.17) is 4.98 Å². The minimum atomic E-state index is -0.916. The number of hydrazone groups is 1. The molecule has 3 aromatic rings. The minimum Gasteiger partial charge on any atom is -0.478 e. The first kappa shape index (κ1) is 18.9. The molecule has 2 heterocycles. The standard InChI is InChI=1S/C23H24N4O2/c1-2-3-8-22-25-20-13-24-27(15-21(20)26-22)14-16-9-11-17(12-10-16)18-6-4-5-7-19(18)23(28)29/h4-7,9-13H,2-3,8,14-15H2,1H3,(H,25,26)(H,28,29). The molecule has 0 amide bonds.